The van der Waals surface area contributed by atoms with Crippen LogP contribution in [0.2, 0.25) is 0 Å². The number of hydrogen-bond acceptors (Lipinski definition) is 8. The maximum atomic E-state index is 9.55. The molecule has 3 saturated heterocycles. The predicted octanol–water partition coefficient (Wildman–Crippen LogP) is 3.12. The molecule has 0 amide bonds. The lowest BCUT2D eigenvalue weighted by atomic mass is 9.83. The zero-order chi connectivity index (χ0) is 25.5. The highest BCUT2D eigenvalue weighted by Crippen LogP contribution is 2.38. The summed E-state index contributed by atoms with van der Waals surface area (Å²) in [4.78, 5) is 16.8. The summed E-state index contributed by atoms with van der Waals surface area (Å²) < 4.78 is 5.51. The number of nitriles is 1. The topological polar surface area (TPSA) is 94.5 Å². The van der Waals surface area contributed by atoms with E-state index in [-0.39, 0.29) is 12.1 Å². The number of hydrogen-bond donors (Lipinski definition) is 1. The van der Waals surface area contributed by atoms with Gasteiger partial charge in [-0.1, -0.05) is 6.07 Å². The minimum atomic E-state index is 0.0241. The molecule has 8 nitrogen and oxygen atoms in total. The van der Waals surface area contributed by atoms with Crippen LogP contribution in [0.25, 0.3) is 10.9 Å². The van der Waals surface area contributed by atoms with Crippen molar-refractivity contribution in [1.29, 1.82) is 5.26 Å². The number of anilines is 2. The summed E-state index contributed by atoms with van der Waals surface area (Å²) in [5, 5.41) is 10.6. The lowest BCUT2D eigenvalue weighted by Crippen LogP contribution is -2.60. The van der Waals surface area contributed by atoms with E-state index in [0.717, 1.165) is 62.3 Å². The first-order chi connectivity index (χ1) is 18.1. The molecule has 0 bridgehead atoms. The van der Waals surface area contributed by atoms with E-state index in [1.165, 1.54) is 11.3 Å². The van der Waals surface area contributed by atoms with Crippen LogP contribution < -0.4 is 15.5 Å². The summed E-state index contributed by atoms with van der Waals surface area (Å²) >= 11 is 0. The van der Waals surface area contributed by atoms with Gasteiger partial charge in [-0.05, 0) is 68.1 Å². The van der Waals surface area contributed by atoms with Crippen LogP contribution in [-0.2, 0) is 4.74 Å². The summed E-state index contributed by atoms with van der Waals surface area (Å²) in [7, 11) is 1.73. The van der Waals surface area contributed by atoms with Gasteiger partial charge in [0.1, 0.15) is 11.9 Å². The van der Waals surface area contributed by atoms with Crippen molar-refractivity contribution in [2.75, 3.05) is 49.6 Å². The van der Waals surface area contributed by atoms with E-state index in [0.29, 0.717) is 23.6 Å². The van der Waals surface area contributed by atoms with Crippen LogP contribution in [0.4, 0.5) is 11.5 Å². The van der Waals surface area contributed by atoms with E-state index in [4.69, 9.17) is 15.5 Å². The molecule has 192 valence electrons. The maximum Gasteiger partial charge on any atom is 0.128 e. The molecule has 2 aromatic heterocycles. The molecule has 3 fully saturated rings. The standard InChI is InChI=1S/C29H35N7O/c1-19-15-34(26-7-5-21(13-30)29-24(26)4-3-10-32-29)16-23-12-20(9-11-36(19)23)22-6-8-28(33-14-22)35-17-25(31)27(18-35)37-2/h3-8,10,14,19-20,23,25,27H,9,11-12,15-18,31H2,1-2H3/t19-,20-,23+,25-,27+/m1/s1. The third-order valence-corrected chi connectivity index (χ3v) is 8.63. The van der Waals surface area contributed by atoms with Crippen molar-refractivity contribution < 1.29 is 4.74 Å². The molecule has 0 spiro atoms. The first kappa shape index (κ1) is 24.1. The smallest absolute Gasteiger partial charge is 0.128 e. The minimum Gasteiger partial charge on any atom is -0.378 e. The van der Waals surface area contributed by atoms with Crippen LogP contribution in [0.5, 0.6) is 0 Å². The SMILES string of the molecule is CO[C@H]1CN(c2ccc([C@@H]3CCN4[C@@H](C3)CN(c3ccc(C#N)c5ncccc35)C[C@H]4C)cn2)C[C@H]1N. The van der Waals surface area contributed by atoms with Gasteiger partial charge >= 0.3 is 0 Å². The van der Waals surface area contributed by atoms with Crippen molar-refractivity contribution in [3.05, 3.63) is 59.9 Å². The number of fused-ring (bicyclic) bond motifs is 2. The van der Waals surface area contributed by atoms with E-state index >= 15 is 0 Å². The number of nitrogens with zero attached hydrogens (tertiary/aromatic N) is 6. The summed E-state index contributed by atoms with van der Waals surface area (Å²) in [5.74, 6) is 1.48. The zero-order valence-electron chi connectivity index (χ0n) is 21.6. The second kappa shape index (κ2) is 9.90. The third-order valence-electron chi connectivity index (χ3n) is 8.63. The van der Waals surface area contributed by atoms with Crippen molar-refractivity contribution >= 4 is 22.4 Å². The molecule has 3 aromatic rings. The lowest BCUT2D eigenvalue weighted by molar-refractivity contribution is 0.0765. The number of methoxy groups -OCH3 is 1. The maximum absolute atomic E-state index is 9.55. The Hall–Kier alpha value is -3.25. The van der Waals surface area contributed by atoms with E-state index < -0.39 is 0 Å². The Bertz CT molecular complexity index is 1310. The number of ether oxygens (including phenoxy) is 1. The summed E-state index contributed by atoms with van der Waals surface area (Å²) in [5.41, 5.74) is 10.1. The first-order valence-electron chi connectivity index (χ1n) is 13.3. The molecular formula is C29H35N7O. The highest BCUT2D eigenvalue weighted by molar-refractivity contribution is 5.95. The van der Waals surface area contributed by atoms with Gasteiger partial charge in [0.25, 0.3) is 0 Å². The Morgan fingerprint density at radius 3 is 2.70 bits per heavy atom. The van der Waals surface area contributed by atoms with Gasteiger partial charge in [-0.2, -0.15) is 5.26 Å². The second-order valence-electron chi connectivity index (χ2n) is 10.8. The van der Waals surface area contributed by atoms with E-state index in [1.807, 2.05) is 12.1 Å². The summed E-state index contributed by atoms with van der Waals surface area (Å²) in [6.45, 7) is 6.97. The Morgan fingerprint density at radius 2 is 1.95 bits per heavy atom. The molecule has 0 saturated carbocycles. The fourth-order valence-electron chi connectivity index (χ4n) is 6.67. The van der Waals surface area contributed by atoms with Gasteiger partial charge in [0.15, 0.2) is 0 Å². The average Bonchev–Trinajstić information content (AvgIpc) is 3.32. The van der Waals surface area contributed by atoms with Crippen LogP contribution in [-0.4, -0.2) is 78.9 Å². The quantitative estimate of drug-likeness (QED) is 0.588. The molecule has 8 heteroatoms. The number of pyridine rings is 2. The molecule has 6 rings (SSSR count). The summed E-state index contributed by atoms with van der Waals surface area (Å²) in [6, 6.07) is 15.8. The van der Waals surface area contributed by atoms with Gasteiger partial charge in [-0.3, -0.25) is 9.88 Å². The fourth-order valence-corrected chi connectivity index (χ4v) is 6.67. The molecule has 5 atom stereocenters. The van der Waals surface area contributed by atoms with Gasteiger partial charge < -0.3 is 20.3 Å². The van der Waals surface area contributed by atoms with Crippen molar-refractivity contribution in [2.45, 2.75) is 49.9 Å². The Balaban J connectivity index is 1.19. The normalized spacial score (nSPS) is 28.3. The molecule has 37 heavy (non-hydrogen) atoms. The minimum absolute atomic E-state index is 0.0241. The number of nitrogens with two attached hydrogens (primary N) is 1. The Labute approximate surface area is 218 Å². The fraction of sp³-hybridized carbons (Fsp3) is 0.483. The van der Waals surface area contributed by atoms with E-state index in [2.05, 4.69) is 63.1 Å². The van der Waals surface area contributed by atoms with E-state index in [1.54, 1.807) is 13.3 Å². The molecule has 2 N–H and O–H groups in total. The van der Waals surface area contributed by atoms with Gasteiger partial charge in [-0.25, -0.2) is 4.98 Å². The van der Waals surface area contributed by atoms with Crippen LogP contribution in [0, 0.1) is 11.3 Å². The number of rotatable bonds is 4. The van der Waals surface area contributed by atoms with Gasteiger partial charge in [0.2, 0.25) is 0 Å². The first-order valence-corrected chi connectivity index (χ1v) is 13.3. The molecular weight excluding hydrogens is 462 g/mol. The molecule has 3 aliphatic rings. The number of piperazine rings is 1. The number of aromatic nitrogens is 2. The molecule has 3 aliphatic heterocycles. The second-order valence-corrected chi connectivity index (χ2v) is 10.8. The average molecular weight is 498 g/mol. The summed E-state index contributed by atoms with van der Waals surface area (Å²) in [6.07, 6.45) is 6.18. The monoisotopic (exact) mass is 497 g/mol. The van der Waals surface area contributed by atoms with Crippen LogP contribution in [0.3, 0.4) is 0 Å². The highest BCUT2D eigenvalue weighted by atomic mass is 16.5. The Morgan fingerprint density at radius 1 is 1.05 bits per heavy atom. The molecule has 0 radical (unpaired) electrons. The van der Waals surface area contributed by atoms with Gasteiger partial charge in [0, 0.05) is 68.8 Å². The molecule has 0 aliphatic carbocycles. The van der Waals surface area contributed by atoms with Crippen molar-refractivity contribution in [1.82, 2.24) is 14.9 Å². The van der Waals surface area contributed by atoms with E-state index in [9.17, 15) is 5.26 Å². The third kappa shape index (κ3) is 4.42. The predicted molar refractivity (Wildman–Crippen MR) is 146 cm³/mol. The van der Waals surface area contributed by atoms with Crippen molar-refractivity contribution in [3.8, 4) is 6.07 Å². The molecule has 1 aromatic carbocycles. The molecule has 0 unspecified atom stereocenters. The largest absolute Gasteiger partial charge is 0.378 e. The van der Waals surface area contributed by atoms with Gasteiger partial charge in [-0.15, -0.1) is 0 Å². The van der Waals surface area contributed by atoms with Crippen LogP contribution in [0.1, 0.15) is 36.8 Å². The van der Waals surface area contributed by atoms with Crippen molar-refractivity contribution in [3.63, 3.8) is 0 Å². The lowest BCUT2D eigenvalue weighted by Gasteiger charge is -2.50. The van der Waals surface area contributed by atoms with Crippen LogP contribution in [0.15, 0.2) is 48.8 Å². The van der Waals surface area contributed by atoms with Crippen molar-refractivity contribution in [2.24, 2.45) is 5.73 Å². The zero-order valence-corrected chi connectivity index (χ0v) is 21.6. The molecule has 5 heterocycles. The van der Waals surface area contributed by atoms with Crippen LogP contribution >= 0.6 is 0 Å². The number of benzene rings is 1. The Kier molecular flexibility index (Phi) is 6.45. The van der Waals surface area contributed by atoms with Gasteiger partial charge in [0.05, 0.1) is 23.2 Å². The highest BCUT2D eigenvalue weighted by Gasteiger charge is 2.38. The number of piperidine rings is 1.